The van der Waals surface area contributed by atoms with Gasteiger partial charge in [0, 0.05) is 19.2 Å². The number of aromatic nitrogens is 2. The van der Waals surface area contributed by atoms with Gasteiger partial charge in [-0.1, -0.05) is 26.7 Å². The summed E-state index contributed by atoms with van der Waals surface area (Å²) in [5, 5.41) is 0. The molecular weight excluding hydrogens is 266 g/mol. The first kappa shape index (κ1) is 15.7. The largest absolute Gasteiger partial charge is 0.337 e. The normalized spacial score (nSPS) is 16.5. The summed E-state index contributed by atoms with van der Waals surface area (Å²) in [6.07, 6.45) is 4.62. The van der Waals surface area contributed by atoms with Crippen molar-refractivity contribution in [3.8, 4) is 0 Å². The van der Waals surface area contributed by atoms with Crippen molar-refractivity contribution in [3.63, 3.8) is 0 Å². The molecule has 1 aromatic rings. The molecule has 116 valence electrons. The van der Waals surface area contributed by atoms with E-state index in [1.54, 1.807) is 6.92 Å². The molecule has 1 aliphatic heterocycles. The molecule has 21 heavy (non-hydrogen) atoms. The number of H-pyrrole nitrogens is 1. The van der Waals surface area contributed by atoms with Crippen LogP contribution >= 0.6 is 0 Å². The van der Waals surface area contributed by atoms with Gasteiger partial charge in [-0.2, -0.15) is 0 Å². The van der Waals surface area contributed by atoms with E-state index in [1.807, 2.05) is 4.90 Å². The molecule has 1 aliphatic rings. The average molecular weight is 291 g/mol. The molecule has 0 radical (unpaired) electrons. The van der Waals surface area contributed by atoms with E-state index in [1.165, 1.54) is 18.9 Å². The molecule has 1 saturated heterocycles. The Kier molecular flexibility index (Phi) is 5.15. The number of amides is 1. The summed E-state index contributed by atoms with van der Waals surface area (Å²) in [7, 11) is 0. The topological polar surface area (TPSA) is 66.1 Å². The van der Waals surface area contributed by atoms with Crippen molar-refractivity contribution in [1.82, 2.24) is 14.9 Å². The number of aryl methyl sites for hydroxylation is 1. The summed E-state index contributed by atoms with van der Waals surface area (Å²) < 4.78 is 0. The molecular formula is C16H25N3O2. The third-order valence-electron chi connectivity index (χ3n) is 4.13. The lowest BCUT2D eigenvalue weighted by Crippen LogP contribution is -2.39. The first-order valence-corrected chi connectivity index (χ1v) is 7.83. The Balaban J connectivity index is 1.92. The van der Waals surface area contributed by atoms with Crippen LogP contribution in [0.25, 0.3) is 0 Å². The van der Waals surface area contributed by atoms with E-state index in [0.29, 0.717) is 5.82 Å². The number of piperidine rings is 1. The first-order chi connectivity index (χ1) is 9.95. The van der Waals surface area contributed by atoms with Crippen LogP contribution in [-0.4, -0.2) is 33.9 Å². The quantitative estimate of drug-likeness (QED) is 0.926. The molecule has 5 nitrogen and oxygen atoms in total. The van der Waals surface area contributed by atoms with E-state index in [2.05, 4.69) is 23.8 Å². The Morgan fingerprint density at radius 2 is 2.10 bits per heavy atom. The van der Waals surface area contributed by atoms with E-state index in [-0.39, 0.29) is 17.2 Å². The van der Waals surface area contributed by atoms with Crippen LogP contribution < -0.4 is 5.56 Å². The summed E-state index contributed by atoms with van der Waals surface area (Å²) >= 11 is 0. The first-order valence-electron chi connectivity index (χ1n) is 7.83. The van der Waals surface area contributed by atoms with Crippen molar-refractivity contribution < 1.29 is 4.79 Å². The molecule has 0 atom stereocenters. The molecule has 0 unspecified atom stereocenters. The fourth-order valence-corrected chi connectivity index (χ4v) is 2.84. The molecule has 1 amide bonds. The number of aromatic amines is 1. The Hall–Kier alpha value is -1.65. The van der Waals surface area contributed by atoms with Crippen LogP contribution in [0, 0.1) is 18.8 Å². The Bertz CT molecular complexity index is 543. The second-order valence-electron chi connectivity index (χ2n) is 6.42. The maximum atomic E-state index is 12.4. The van der Waals surface area contributed by atoms with Gasteiger partial charge < -0.3 is 9.88 Å². The van der Waals surface area contributed by atoms with Gasteiger partial charge in [0.05, 0.1) is 0 Å². The van der Waals surface area contributed by atoms with Gasteiger partial charge in [0.1, 0.15) is 11.5 Å². The number of likely N-dealkylation sites (tertiary alicyclic amines) is 1. The maximum absolute atomic E-state index is 12.4. The number of hydrogen-bond donors (Lipinski definition) is 1. The van der Waals surface area contributed by atoms with Gasteiger partial charge in [-0.25, -0.2) is 4.98 Å². The molecule has 1 aromatic heterocycles. The number of nitrogens with zero attached hydrogens (tertiary/aromatic N) is 2. The molecule has 0 spiro atoms. The van der Waals surface area contributed by atoms with E-state index < -0.39 is 0 Å². The van der Waals surface area contributed by atoms with Gasteiger partial charge in [0.2, 0.25) is 0 Å². The highest BCUT2D eigenvalue weighted by Gasteiger charge is 2.24. The zero-order chi connectivity index (χ0) is 15.4. The molecule has 2 rings (SSSR count). The summed E-state index contributed by atoms with van der Waals surface area (Å²) in [5.41, 5.74) is -0.00505. The van der Waals surface area contributed by atoms with Gasteiger partial charge in [-0.05, 0) is 31.6 Å². The predicted molar refractivity (Wildman–Crippen MR) is 82.3 cm³/mol. The third-order valence-corrected chi connectivity index (χ3v) is 4.13. The van der Waals surface area contributed by atoms with Crippen LogP contribution in [0.5, 0.6) is 0 Å². The molecule has 1 N–H and O–H groups in total. The number of carbonyl (C=O) groups excluding carboxylic acids is 1. The molecule has 0 aliphatic carbocycles. The van der Waals surface area contributed by atoms with Gasteiger partial charge in [0.15, 0.2) is 0 Å². The zero-order valence-corrected chi connectivity index (χ0v) is 13.2. The van der Waals surface area contributed by atoms with E-state index >= 15 is 0 Å². The Labute approximate surface area is 125 Å². The van der Waals surface area contributed by atoms with Crippen molar-refractivity contribution in [1.29, 1.82) is 0 Å². The second kappa shape index (κ2) is 6.87. The SMILES string of the molecule is Cc1nc(C(=O)N2CCC(CCC(C)C)CC2)cc(=O)[nH]1. The van der Waals surface area contributed by atoms with Crippen molar-refractivity contribution in [3.05, 3.63) is 27.9 Å². The minimum atomic E-state index is -0.266. The van der Waals surface area contributed by atoms with Gasteiger partial charge >= 0.3 is 0 Å². The van der Waals surface area contributed by atoms with Gasteiger partial charge in [-0.3, -0.25) is 9.59 Å². The van der Waals surface area contributed by atoms with Crippen LogP contribution in [-0.2, 0) is 0 Å². The lowest BCUT2D eigenvalue weighted by atomic mass is 9.89. The smallest absolute Gasteiger partial charge is 0.272 e. The number of nitrogens with one attached hydrogen (secondary N) is 1. The van der Waals surface area contributed by atoms with E-state index in [9.17, 15) is 9.59 Å². The number of rotatable bonds is 4. The Morgan fingerprint density at radius 3 is 2.67 bits per heavy atom. The Morgan fingerprint density at radius 1 is 1.43 bits per heavy atom. The minimum Gasteiger partial charge on any atom is -0.337 e. The molecule has 1 fully saturated rings. The highest BCUT2D eigenvalue weighted by Crippen LogP contribution is 2.24. The maximum Gasteiger partial charge on any atom is 0.272 e. The van der Waals surface area contributed by atoms with Crippen molar-refractivity contribution >= 4 is 5.91 Å². The summed E-state index contributed by atoms with van der Waals surface area (Å²) in [4.78, 5) is 32.4. The van der Waals surface area contributed by atoms with Crippen LogP contribution in [0.15, 0.2) is 10.9 Å². The lowest BCUT2D eigenvalue weighted by Gasteiger charge is -2.32. The monoisotopic (exact) mass is 291 g/mol. The fourth-order valence-electron chi connectivity index (χ4n) is 2.84. The number of hydrogen-bond acceptors (Lipinski definition) is 3. The van der Waals surface area contributed by atoms with Crippen molar-refractivity contribution in [2.24, 2.45) is 11.8 Å². The van der Waals surface area contributed by atoms with Crippen LogP contribution in [0.1, 0.15) is 55.8 Å². The second-order valence-corrected chi connectivity index (χ2v) is 6.42. The minimum absolute atomic E-state index is 0.119. The third kappa shape index (κ3) is 4.41. The van der Waals surface area contributed by atoms with Crippen LogP contribution in [0.2, 0.25) is 0 Å². The number of carbonyl (C=O) groups is 1. The highest BCUT2D eigenvalue weighted by atomic mass is 16.2. The van der Waals surface area contributed by atoms with Crippen LogP contribution in [0.4, 0.5) is 0 Å². The molecule has 0 saturated carbocycles. The van der Waals surface area contributed by atoms with E-state index in [4.69, 9.17) is 0 Å². The van der Waals surface area contributed by atoms with Crippen molar-refractivity contribution in [2.45, 2.75) is 46.5 Å². The zero-order valence-electron chi connectivity index (χ0n) is 13.2. The fraction of sp³-hybridized carbons (Fsp3) is 0.688. The molecule has 0 bridgehead atoms. The highest BCUT2D eigenvalue weighted by molar-refractivity contribution is 5.92. The lowest BCUT2D eigenvalue weighted by molar-refractivity contribution is 0.0677. The standard InChI is InChI=1S/C16H25N3O2/c1-11(2)4-5-13-6-8-19(9-7-13)16(21)14-10-15(20)18-12(3)17-14/h10-11,13H,4-9H2,1-3H3,(H,17,18,20). The van der Waals surface area contributed by atoms with Crippen LogP contribution in [0.3, 0.4) is 0 Å². The van der Waals surface area contributed by atoms with Gasteiger partial charge in [0.25, 0.3) is 11.5 Å². The van der Waals surface area contributed by atoms with E-state index in [0.717, 1.165) is 37.8 Å². The molecule has 5 heteroatoms. The average Bonchev–Trinajstić information content (AvgIpc) is 2.44. The van der Waals surface area contributed by atoms with Crippen molar-refractivity contribution in [2.75, 3.05) is 13.1 Å². The van der Waals surface area contributed by atoms with Gasteiger partial charge in [-0.15, -0.1) is 0 Å². The summed E-state index contributed by atoms with van der Waals surface area (Å²) in [5.74, 6) is 1.84. The summed E-state index contributed by atoms with van der Waals surface area (Å²) in [6, 6.07) is 1.29. The summed E-state index contributed by atoms with van der Waals surface area (Å²) in [6.45, 7) is 7.74. The molecule has 2 heterocycles. The predicted octanol–water partition coefficient (Wildman–Crippen LogP) is 2.37. The molecule has 0 aromatic carbocycles.